The molecule has 0 bridgehead atoms. The van der Waals surface area contributed by atoms with E-state index in [0.29, 0.717) is 21.4 Å². The van der Waals surface area contributed by atoms with Crippen LogP contribution in [-0.4, -0.2) is 10.9 Å². The summed E-state index contributed by atoms with van der Waals surface area (Å²) in [6.07, 6.45) is 0. The molecule has 3 rings (SSSR count). The molecule has 3 aromatic rings. The zero-order valence-corrected chi connectivity index (χ0v) is 14.0. The Bertz CT molecular complexity index is 899. The molecule has 1 aromatic heterocycles. The molecule has 7 heteroatoms. The topological polar surface area (TPSA) is 91.8 Å². The molecule has 0 fully saturated rings. The number of amides is 1. The average molecular weight is 352 g/mol. The smallest absolute Gasteiger partial charge is 0.268 e. The van der Waals surface area contributed by atoms with E-state index in [0.717, 1.165) is 33.6 Å². The first-order chi connectivity index (χ1) is 11.7. The van der Waals surface area contributed by atoms with Crippen molar-refractivity contribution in [2.75, 3.05) is 11.1 Å². The number of thiazole rings is 1. The van der Waals surface area contributed by atoms with Crippen LogP contribution in [0.25, 0.3) is 11.3 Å². The highest BCUT2D eigenvalue weighted by Gasteiger charge is 2.18. The molecular weight excluding hydrogens is 340 g/mol. The lowest BCUT2D eigenvalue weighted by atomic mass is 10.1. The number of anilines is 2. The Morgan fingerprint density at radius 3 is 2.54 bits per heavy atom. The van der Waals surface area contributed by atoms with Crippen LogP contribution in [0.3, 0.4) is 0 Å². The highest BCUT2D eigenvalue weighted by atomic mass is 32.2. The predicted molar refractivity (Wildman–Crippen MR) is 97.8 cm³/mol. The molecule has 0 aliphatic carbocycles. The number of nitrogens with one attached hydrogen (secondary N) is 1. The standard InChI is InChI=1S/C17H12N4OS2/c18-10-23-13-8-6-12(7-9-13)20-16(22)15-14(21-17(19)24-15)11-4-2-1-3-5-11/h1-9H,(H2,19,21)(H,20,22). The number of rotatable bonds is 4. The van der Waals surface area contributed by atoms with Crippen LogP contribution >= 0.6 is 23.1 Å². The van der Waals surface area contributed by atoms with E-state index >= 15 is 0 Å². The fourth-order valence-electron chi connectivity index (χ4n) is 2.13. The number of nitriles is 1. The minimum absolute atomic E-state index is 0.260. The van der Waals surface area contributed by atoms with Gasteiger partial charge in [-0.1, -0.05) is 41.7 Å². The molecule has 24 heavy (non-hydrogen) atoms. The largest absolute Gasteiger partial charge is 0.375 e. The third-order valence-corrected chi connectivity index (χ3v) is 4.66. The minimum atomic E-state index is -0.260. The van der Waals surface area contributed by atoms with Gasteiger partial charge in [0.25, 0.3) is 5.91 Å². The summed E-state index contributed by atoms with van der Waals surface area (Å²) in [4.78, 5) is 18.1. The minimum Gasteiger partial charge on any atom is -0.375 e. The Labute approximate surface area is 147 Å². The van der Waals surface area contributed by atoms with E-state index in [2.05, 4.69) is 10.3 Å². The molecule has 118 valence electrons. The number of benzene rings is 2. The molecule has 0 aliphatic rings. The first-order valence-corrected chi connectivity index (χ1v) is 8.60. The second kappa shape index (κ2) is 7.17. The average Bonchev–Trinajstić information content (AvgIpc) is 3.00. The Morgan fingerprint density at radius 1 is 1.17 bits per heavy atom. The zero-order chi connectivity index (χ0) is 16.9. The predicted octanol–water partition coefficient (Wildman–Crippen LogP) is 4.22. The molecule has 0 unspecified atom stereocenters. The normalized spacial score (nSPS) is 10.1. The summed E-state index contributed by atoms with van der Waals surface area (Å²) in [7, 11) is 0. The lowest BCUT2D eigenvalue weighted by Crippen LogP contribution is -2.11. The fourth-order valence-corrected chi connectivity index (χ4v) is 3.26. The van der Waals surface area contributed by atoms with E-state index in [-0.39, 0.29) is 5.91 Å². The molecule has 0 spiro atoms. The number of aromatic nitrogens is 1. The molecule has 5 nitrogen and oxygen atoms in total. The van der Waals surface area contributed by atoms with Crippen molar-refractivity contribution in [3.63, 3.8) is 0 Å². The summed E-state index contributed by atoms with van der Waals surface area (Å²) < 4.78 is 0. The van der Waals surface area contributed by atoms with Gasteiger partial charge < -0.3 is 11.1 Å². The van der Waals surface area contributed by atoms with Crippen LogP contribution in [0.15, 0.2) is 59.5 Å². The highest BCUT2D eigenvalue weighted by molar-refractivity contribution is 8.03. The van der Waals surface area contributed by atoms with Gasteiger partial charge in [-0.15, -0.1) is 0 Å². The molecule has 3 N–H and O–H groups in total. The van der Waals surface area contributed by atoms with Crippen LogP contribution in [0.5, 0.6) is 0 Å². The van der Waals surface area contributed by atoms with Gasteiger partial charge in [-0.25, -0.2) is 4.98 Å². The monoisotopic (exact) mass is 352 g/mol. The number of thiocyanates is 1. The molecule has 2 aromatic carbocycles. The van der Waals surface area contributed by atoms with Crippen LogP contribution in [0.2, 0.25) is 0 Å². The molecule has 0 radical (unpaired) electrons. The summed E-state index contributed by atoms with van der Waals surface area (Å²) >= 11 is 2.23. The van der Waals surface area contributed by atoms with E-state index < -0.39 is 0 Å². The highest BCUT2D eigenvalue weighted by Crippen LogP contribution is 2.30. The maximum Gasteiger partial charge on any atom is 0.268 e. The molecule has 0 atom stereocenters. The first kappa shape index (κ1) is 16.1. The van der Waals surface area contributed by atoms with Crippen molar-refractivity contribution in [1.82, 2.24) is 4.98 Å². The number of nitrogens with two attached hydrogens (primary N) is 1. The molecule has 1 heterocycles. The summed E-state index contributed by atoms with van der Waals surface area (Å²) in [5.41, 5.74) is 7.86. The van der Waals surface area contributed by atoms with Crippen molar-refractivity contribution >= 4 is 39.8 Å². The van der Waals surface area contributed by atoms with Crippen molar-refractivity contribution in [3.8, 4) is 16.7 Å². The SMILES string of the molecule is N#CSc1ccc(NC(=O)c2sc(N)nc2-c2ccccc2)cc1. The van der Waals surface area contributed by atoms with E-state index in [9.17, 15) is 4.79 Å². The van der Waals surface area contributed by atoms with Gasteiger partial charge in [0.2, 0.25) is 0 Å². The van der Waals surface area contributed by atoms with Crippen molar-refractivity contribution in [3.05, 3.63) is 59.5 Å². The van der Waals surface area contributed by atoms with Crippen LogP contribution in [0, 0.1) is 10.7 Å². The molecule has 0 saturated heterocycles. The van der Waals surface area contributed by atoms with Gasteiger partial charge in [-0.2, -0.15) is 5.26 Å². The Balaban J connectivity index is 1.84. The lowest BCUT2D eigenvalue weighted by Gasteiger charge is -2.06. The Hall–Kier alpha value is -2.82. The van der Waals surface area contributed by atoms with Crippen molar-refractivity contribution in [2.24, 2.45) is 0 Å². The molecule has 0 aliphatic heterocycles. The third-order valence-electron chi connectivity index (χ3n) is 3.17. The number of carbonyl (C=O) groups excluding carboxylic acids is 1. The van der Waals surface area contributed by atoms with Gasteiger partial charge >= 0.3 is 0 Å². The van der Waals surface area contributed by atoms with E-state index in [1.165, 1.54) is 0 Å². The summed E-state index contributed by atoms with van der Waals surface area (Å²) in [6.45, 7) is 0. The van der Waals surface area contributed by atoms with Gasteiger partial charge in [0.05, 0.1) is 5.69 Å². The van der Waals surface area contributed by atoms with E-state index in [4.69, 9.17) is 11.0 Å². The number of hydrogen-bond acceptors (Lipinski definition) is 6. The van der Waals surface area contributed by atoms with Crippen LogP contribution in [-0.2, 0) is 0 Å². The molecule has 0 saturated carbocycles. The second-order valence-corrected chi connectivity index (χ2v) is 6.66. The molecular formula is C17H12N4OS2. The van der Waals surface area contributed by atoms with E-state index in [1.807, 2.05) is 35.7 Å². The van der Waals surface area contributed by atoms with Crippen LogP contribution in [0.1, 0.15) is 9.67 Å². The number of thioether (sulfide) groups is 1. The number of carbonyl (C=O) groups is 1. The van der Waals surface area contributed by atoms with Crippen LogP contribution in [0.4, 0.5) is 10.8 Å². The number of nitrogen functional groups attached to an aromatic ring is 1. The number of hydrogen-bond donors (Lipinski definition) is 2. The third kappa shape index (κ3) is 3.56. The summed E-state index contributed by atoms with van der Waals surface area (Å²) in [5, 5.41) is 13.8. The first-order valence-electron chi connectivity index (χ1n) is 6.96. The van der Waals surface area contributed by atoms with Crippen molar-refractivity contribution in [2.45, 2.75) is 4.90 Å². The summed E-state index contributed by atoms with van der Waals surface area (Å²) in [6, 6.07) is 16.5. The second-order valence-electron chi connectivity index (χ2n) is 4.77. The maximum absolute atomic E-state index is 12.6. The van der Waals surface area contributed by atoms with Crippen molar-refractivity contribution in [1.29, 1.82) is 5.26 Å². The molecule has 1 amide bonds. The fraction of sp³-hybridized carbons (Fsp3) is 0. The van der Waals surface area contributed by atoms with Gasteiger partial charge in [-0.3, -0.25) is 4.79 Å². The zero-order valence-electron chi connectivity index (χ0n) is 12.4. The number of nitrogens with zero attached hydrogens (tertiary/aromatic N) is 2. The van der Waals surface area contributed by atoms with Gasteiger partial charge in [-0.05, 0) is 36.0 Å². The van der Waals surface area contributed by atoms with Gasteiger partial charge in [0.1, 0.15) is 10.3 Å². The van der Waals surface area contributed by atoms with Gasteiger partial charge in [0, 0.05) is 16.1 Å². The summed E-state index contributed by atoms with van der Waals surface area (Å²) in [5.74, 6) is -0.260. The van der Waals surface area contributed by atoms with Gasteiger partial charge in [0.15, 0.2) is 5.13 Å². The lowest BCUT2D eigenvalue weighted by molar-refractivity contribution is 0.103. The van der Waals surface area contributed by atoms with Crippen LogP contribution < -0.4 is 11.1 Å². The van der Waals surface area contributed by atoms with E-state index in [1.54, 1.807) is 24.3 Å². The Morgan fingerprint density at radius 2 is 1.88 bits per heavy atom. The quantitative estimate of drug-likeness (QED) is 0.542. The maximum atomic E-state index is 12.6. The van der Waals surface area contributed by atoms with Crippen molar-refractivity contribution < 1.29 is 4.79 Å². The Kier molecular flexibility index (Phi) is 4.79.